The van der Waals surface area contributed by atoms with Gasteiger partial charge in [-0.2, -0.15) is 0 Å². The summed E-state index contributed by atoms with van der Waals surface area (Å²) in [4.78, 5) is 35.9. The van der Waals surface area contributed by atoms with Gasteiger partial charge in [-0.15, -0.1) is 0 Å². The van der Waals surface area contributed by atoms with Crippen molar-refractivity contribution in [2.24, 2.45) is 0 Å². The van der Waals surface area contributed by atoms with Gasteiger partial charge >= 0.3 is 18.0 Å². The fraction of sp³-hybridized carbons (Fsp3) is 0.471. The van der Waals surface area contributed by atoms with E-state index >= 15 is 0 Å². The first-order valence-corrected chi connectivity index (χ1v) is 7.00. The van der Waals surface area contributed by atoms with Crippen molar-refractivity contribution >= 4 is 18.0 Å². The zero-order valence-electron chi connectivity index (χ0n) is 18.6. The number of nitrogens with one attached hydrogen (secondary N) is 1. The van der Waals surface area contributed by atoms with Crippen molar-refractivity contribution in [3.05, 3.63) is 35.9 Å². The highest BCUT2D eigenvalue weighted by molar-refractivity contribution is 5.82. The van der Waals surface area contributed by atoms with E-state index in [9.17, 15) is 14.4 Å². The predicted molar refractivity (Wildman–Crippen MR) is 86.3 cm³/mol. The number of amides is 1. The van der Waals surface area contributed by atoms with Crippen molar-refractivity contribution < 1.29 is 35.8 Å². The highest BCUT2D eigenvalue weighted by Crippen LogP contribution is 2.09. The van der Waals surface area contributed by atoms with Gasteiger partial charge in [0.25, 0.3) is 0 Å². The quantitative estimate of drug-likeness (QED) is 0.738. The highest BCUT2D eigenvalue weighted by Gasteiger charge is 2.26. The number of hydrogen-bond acceptors (Lipinski definition) is 5. The van der Waals surface area contributed by atoms with Gasteiger partial charge in [0.2, 0.25) is 0 Å². The molecule has 1 rings (SSSR count). The summed E-state index contributed by atoms with van der Waals surface area (Å²) >= 11 is 0. The molecule has 0 spiro atoms. The normalized spacial score (nSPS) is 17.7. The zero-order chi connectivity index (χ0) is 22.7. The molecule has 1 atom stereocenters. The molecule has 0 radical (unpaired) electrons. The number of aliphatic carboxylic acids is 1. The predicted octanol–water partition coefficient (Wildman–Crippen LogP) is 2.49. The van der Waals surface area contributed by atoms with Crippen molar-refractivity contribution in [3.8, 4) is 0 Å². The lowest BCUT2D eigenvalue weighted by atomic mass is 10.1. The first-order chi connectivity index (χ1) is 13.0. The van der Waals surface area contributed by atoms with Gasteiger partial charge in [0, 0.05) is 11.9 Å². The van der Waals surface area contributed by atoms with Crippen LogP contribution >= 0.6 is 0 Å². The lowest BCUT2D eigenvalue weighted by molar-refractivity contribution is -0.148. The molecule has 1 aromatic rings. The molecule has 0 saturated carbocycles. The summed E-state index contributed by atoms with van der Waals surface area (Å²) in [5.74, 6) is -3.96. The lowest BCUT2D eigenvalue weighted by Crippen LogP contribution is -2.44. The van der Waals surface area contributed by atoms with Crippen LogP contribution in [0.3, 0.4) is 0 Å². The Bertz CT molecular complexity index is 765. The van der Waals surface area contributed by atoms with E-state index < -0.39 is 49.0 Å². The molecule has 132 valence electrons. The molecule has 7 heteroatoms. The van der Waals surface area contributed by atoms with Gasteiger partial charge in [0.1, 0.15) is 18.2 Å². The molecule has 0 aliphatic carbocycles. The van der Waals surface area contributed by atoms with Crippen molar-refractivity contribution in [2.75, 3.05) is 0 Å². The van der Waals surface area contributed by atoms with Crippen LogP contribution in [0, 0.1) is 0 Å². The fourth-order valence-electron chi connectivity index (χ4n) is 1.45. The van der Waals surface area contributed by atoms with E-state index in [0.717, 1.165) is 0 Å². The van der Waals surface area contributed by atoms with Crippen molar-refractivity contribution in [2.45, 2.75) is 51.7 Å². The van der Waals surface area contributed by atoms with Gasteiger partial charge in [0.15, 0.2) is 0 Å². The third kappa shape index (κ3) is 8.17. The van der Waals surface area contributed by atoms with Crippen LogP contribution in [0.25, 0.3) is 0 Å². The van der Waals surface area contributed by atoms with E-state index in [2.05, 4.69) is 0 Å². The van der Waals surface area contributed by atoms with Crippen LogP contribution < -0.4 is 5.32 Å². The van der Waals surface area contributed by atoms with Crippen molar-refractivity contribution in [1.29, 1.82) is 0 Å². The number of rotatable bonds is 7. The second-order valence-electron chi connectivity index (χ2n) is 5.62. The second kappa shape index (κ2) is 8.90. The fourth-order valence-corrected chi connectivity index (χ4v) is 1.45. The second-order valence-corrected chi connectivity index (χ2v) is 5.62. The topological polar surface area (TPSA) is 102 Å². The summed E-state index contributed by atoms with van der Waals surface area (Å²) in [6, 6.07) is 4.66. The largest absolute Gasteiger partial charge is 0.481 e. The molecule has 2 N–H and O–H groups in total. The van der Waals surface area contributed by atoms with Crippen molar-refractivity contribution in [3.63, 3.8) is 0 Å². The summed E-state index contributed by atoms with van der Waals surface area (Å²) in [5.41, 5.74) is -0.612. The molecule has 0 saturated heterocycles. The molecule has 0 heterocycles. The van der Waals surface area contributed by atoms with Crippen LogP contribution in [0.5, 0.6) is 0 Å². The Morgan fingerprint density at radius 2 is 1.92 bits per heavy atom. The minimum absolute atomic E-state index is 0.414. The van der Waals surface area contributed by atoms with Crippen LogP contribution in [-0.2, 0) is 25.7 Å². The maximum absolute atomic E-state index is 12.6. The average molecular weight is 342 g/mol. The van der Waals surface area contributed by atoms with Crippen LogP contribution in [0.15, 0.2) is 30.3 Å². The summed E-state index contributed by atoms with van der Waals surface area (Å²) in [6.45, 7) is 3.99. The van der Waals surface area contributed by atoms with E-state index in [-0.39, 0.29) is 0 Å². The van der Waals surface area contributed by atoms with Crippen LogP contribution in [0.2, 0.25) is 0 Å². The number of carboxylic acids is 1. The van der Waals surface area contributed by atoms with Crippen LogP contribution in [0.1, 0.15) is 45.9 Å². The standard InChI is InChI=1S/C17H23NO6/c1-17(2,3)24-16(22)18-13(9-10-14(19)20)15(21)23-11-12-7-5-4-6-8-12/h4-8,13H,9-11H2,1-3H3,(H,18,22)(H,19,20)/i9D2,10D2,13D. The Morgan fingerprint density at radius 3 is 2.46 bits per heavy atom. The number of esters is 1. The highest BCUT2D eigenvalue weighted by atomic mass is 16.6. The summed E-state index contributed by atoms with van der Waals surface area (Å²) in [6.07, 6.45) is -8.89. The van der Waals surface area contributed by atoms with E-state index in [1.807, 2.05) is 0 Å². The average Bonchev–Trinajstić information content (AvgIpc) is 2.58. The Kier molecular flexibility index (Phi) is 4.75. The van der Waals surface area contributed by atoms with E-state index in [1.54, 1.807) is 35.6 Å². The third-order valence-electron chi connectivity index (χ3n) is 2.34. The van der Waals surface area contributed by atoms with Gasteiger partial charge in [-0.05, 0) is 32.7 Å². The van der Waals surface area contributed by atoms with Gasteiger partial charge in [0.05, 0.1) is 1.37 Å². The van der Waals surface area contributed by atoms with E-state index in [4.69, 9.17) is 21.4 Å². The van der Waals surface area contributed by atoms with Crippen molar-refractivity contribution in [1.82, 2.24) is 5.32 Å². The van der Waals surface area contributed by atoms with Gasteiger partial charge in [-0.1, -0.05) is 30.3 Å². The molecule has 24 heavy (non-hydrogen) atoms. The maximum atomic E-state index is 12.6. The van der Waals surface area contributed by atoms with Gasteiger partial charge in [-0.25, -0.2) is 9.59 Å². The summed E-state index contributed by atoms with van der Waals surface area (Å²) in [7, 11) is 0. The molecular weight excluding hydrogens is 314 g/mol. The van der Waals surface area contributed by atoms with E-state index in [0.29, 0.717) is 5.56 Å². The van der Waals surface area contributed by atoms with Crippen LogP contribution in [-0.4, -0.2) is 34.8 Å². The molecular formula is C17H23NO6. The van der Waals surface area contributed by atoms with Gasteiger partial charge in [-0.3, -0.25) is 4.79 Å². The minimum Gasteiger partial charge on any atom is -0.481 e. The van der Waals surface area contributed by atoms with Crippen LogP contribution in [0.4, 0.5) is 4.79 Å². The number of alkyl carbamates (subject to hydrolysis) is 1. The molecule has 1 amide bonds. The number of carboxylic acid groups (broad SMARTS) is 1. The Balaban J connectivity index is 3.27. The summed E-state index contributed by atoms with van der Waals surface area (Å²) in [5, 5.41) is 10.7. The third-order valence-corrected chi connectivity index (χ3v) is 2.34. The number of hydrogen-bond donors (Lipinski definition) is 2. The smallest absolute Gasteiger partial charge is 0.408 e. The number of benzene rings is 1. The molecule has 1 aromatic carbocycles. The summed E-state index contributed by atoms with van der Waals surface area (Å²) < 4.78 is 48.9. The lowest BCUT2D eigenvalue weighted by Gasteiger charge is -2.22. The Hall–Kier alpha value is -2.57. The van der Waals surface area contributed by atoms with E-state index in [1.165, 1.54) is 20.8 Å². The van der Waals surface area contributed by atoms with Gasteiger partial charge < -0.3 is 19.9 Å². The molecule has 7 nitrogen and oxygen atoms in total. The molecule has 0 fully saturated rings. The molecule has 0 bridgehead atoms. The minimum atomic E-state index is -3.74. The Morgan fingerprint density at radius 1 is 1.29 bits per heavy atom. The monoisotopic (exact) mass is 342 g/mol. The SMILES string of the molecule is [2H]C([2H])(C(=O)O)C([2H])([2H])C([2H])(NC(=O)OC(C)(C)C)C(=O)OCc1ccccc1. The first-order valence-electron chi connectivity index (χ1n) is 9.50. The maximum Gasteiger partial charge on any atom is 0.408 e. The Labute approximate surface area is 148 Å². The number of carbonyl (C=O) groups excluding carboxylic acids is 2. The molecule has 1 unspecified atom stereocenters. The molecule has 0 aliphatic heterocycles. The molecule has 0 aliphatic rings. The number of carbonyl (C=O) groups is 3. The first kappa shape index (κ1) is 12.8. The molecule has 0 aromatic heterocycles. The number of ether oxygens (including phenoxy) is 2. The zero-order valence-corrected chi connectivity index (χ0v) is 13.6.